The highest BCUT2D eigenvalue weighted by atomic mass is 32.2. The molecule has 1 aromatic heterocycles. The number of nitrogens with one attached hydrogen (secondary N) is 1. The Morgan fingerprint density at radius 2 is 2.22 bits per heavy atom. The molecule has 94 valence electrons. The molecule has 1 heterocycles. The van der Waals surface area contributed by atoms with Gasteiger partial charge >= 0.3 is 0 Å². The zero-order valence-electron chi connectivity index (χ0n) is 9.68. The number of hydrogen-bond donors (Lipinski definition) is 2. The van der Waals surface area contributed by atoms with Crippen LogP contribution in [-0.2, 0) is 0 Å². The smallest absolute Gasteiger partial charge is 0.251 e. The lowest BCUT2D eigenvalue weighted by molar-refractivity contribution is 0.585. The molecule has 4 nitrogen and oxygen atoms in total. The first-order valence-corrected chi connectivity index (χ1v) is 6.17. The third kappa shape index (κ3) is 2.77. The lowest BCUT2D eigenvalue weighted by Crippen LogP contribution is -2.10. The molecule has 2 rings (SSSR count). The Balaban J connectivity index is 2.40. The maximum atomic E-state index is 13.7. The predicted octanol–water partition coefficient (Wildman–Crippen LogP) is 2.08. The van der Waals surface area contributed by atoms with Gasteiger partial charge in [0.2, 0.25) is 0 Å². The summed E-state index contributed by atoms with van der Waals surface area (Å²) < 4.78 is 13.7. The first kappa shape index (κ1) is 12.8. The van der Waals surface area contributed by atoms with Crippen molar-refractivity contribution >= 4 is 11.8 Å². The summed E-state index contributed by atoms with van der Waals surface area (Å²) in [4.78, 5) is 18.4. The van der Waals surface area contributed by atoms with Crippen LogP contribution in [0, 0.1) is 5.82 Å². The maximum absolute atomic E-state index is 13.7. The van der Waals surface area contributed by atoms with Gasteiger partial charge in [0.1, 0.15) is 5.82 Å². The Hall–Kier alpha value is -1.66. The summed E-state index contributed by atoms with van der Waals surface area (Å²) in [6.45, 7) is 1.71. The Bertz CT molecular complexity index is 612. The van der Waals surface area contributed by atoms with Crippen molar-refractivity contribution in [3.05, 3.63) is 52.2 Å². The van der Waals surface area contributed by atoms with E-state index in [1.165, 1.54) is 30.1 Å². The van der Waals surface area contributed by atoms with Gasteiger partial charge in [-0.15, -0.1) is 0 Å². The number of aromatic nitrogens is 2. The van der Waals surface area contributed by atoms with Crippen molar-refractivity contribution in [1.82, 2.24) is 9.97 Å². The van der Waals surface area contributed by atoms with Crippen molar-refractivity contribution in [3.63, 3.8) is 0 Å². The number of H-pyrrole nitrogens is 1. The first-order chi connectivity index (χ1) is 8.58. The molecule has 1 atom stereocenters. The molecule has 3 N–H and O–H groups in total. The van der Waals surface area contributed by atoms with Crippen LogP contribution < -0.4 is 11.3 Å². The van der Waals surface area contributed by atoms with Crippen LogP contribution in [-0.4, -0.2) is 9.97 Å². The maximum Gasteiger partial charge on any atom is 0.251 e. The second kappa shape index (κ2) is 5.32. The number of halogens is 1. The van der Waals surface area contributed by atoms with Gasteiger partial charge in [-0.05, 0) is 19.1 Å². The highest BCUT2D eigenvalue weighted by Crippen LogP contribution is 2.31. The molecular formula is C12H12FN3OS. The summed E-state index contributed by atoms with van der Waals surface area (Å²) in [6, 6.07) is 5.61. The van der Waals surface area contributed by atoms with Crippen LogP contribution in [0.5, 0.6) is 0 Å². The molecule has 0 aliphatic rings. The third-order valence-corrected chi connectivity index (χ3v) is 3.30. The minimum atomic E-state index is -0.427. The normalized spacial score (nSPS) is 12.4. The fourth-order valence-electron chi connectivity index (χ4n) is 1.56. The molecule has 2 aromatic rings. The summed E-state index contributed by atoms with van der Waals surface area (Å²) in [5.74, 6) is -0.353. The van der Waals surface area contributed by atoms with E-state index in [9.17, 15) is 9.18 Å². The van der Waals surface area contributed by atoms with E-state index in [1.54, 1.807) is 19.1 Å². The highest BCUT2D eigenvalue weighted by molar-refractivity contribution is 7.99. The Kier molecular flexibility index (Phi) is 3.78. The molecule has 1 unspecified atom stereocenters. The van der Waals surface area contributed by atoms with Crippen LogP contribution in [0.25, 0.3) is 0 Å². The third-order valence-electron chi connectivity index (χ3n) is 2.32. The van der Waals surface area contributed by atoms with Crippen LogP contribution in [0.2, 0.25) is 0 Å². The molecule has 1 aromatic carbocycles. The van der Waals surface area contributed by atoms with Crippen molar-refractivity contribution in [2.45, 2.75) is 23.0 Å². The molecule has 0 fully saturated rings. The van der Waals surface area contributed by atoms with E-state index < -0.39 is 6.04 Å². The van der Waals surface area contributed by atoms with Gasteiger partial charge in [0.15, 0.2) is 5.16 Å². The topological polar surface area (TPSA) is 71.8 Å². The molecule has 0 saturated heterocycles. The Morgan fingerprint density at radius 3 is 2.89 bits per heavy atom. The summed E-state index contributed by atoms with van der Waals surface area (Å²) in [5.41, 5.74) is 5.93. The number of nitrogens with two attached hydrogens (primary N) is 1. The lowest BCUT2D eigenvalue weighted by atomic mass is 10.1. The van der Waals surface area contributed by atoms with Gasteiger partial charge in [-0.1, -0.05) is 17.8 Å². The van der Waals surface area contributed by atoms with E-state index in [0.29, 0.717) is 15.6 Å². The van der Waals surface area contributed by atoms with E-state index in [4.69, 9.17) is 5.73 Å². The minimum Gasteiger partial charge on any atom is -0.324 e. The summed E-state index contributed by atoms with van der Waals surface area (Å²) in [5, 5.41) is 0.412. The largest absolute Gasteiger partial charge is 0.324 e. The van der Waals surface area contributed by atoms with Crippen molar-refractivity contribution in [2.75, 3.05) is 0 Å². The van der Waals surface area contributed by atoms with Gasteiger partial charge in [0.05, 0.1) is 0 Å². The zero-order chi connectivity index (χ0) is 13.1. The summed E-state index contributed by atoms with van der Waals surface area (Å²) in [7, 11) is 0. The SMILES string of the molecule is CC(N)c1c(F)cccc1Sc1nccc(=O)[nH]1. The molecule has 0 radical (unpaired) electrons. The second-order valence-electron chi connectivity index (χ2n) is 3.78. The van der Waals surface area contributed by atoms with Crippen LogP contribution in [0.15, 0.2) is 45.3 Å². The predicted molar refractivity (Wildman–Crippen MR) is 68.0 cm³/mol. The Labute approximate surface area is 107 Å². The van der Waals surface area contributed by atoms with E-state index >= 15 is 0 Å². The second-order valence-corrected chi connectivity index (χ2v) is 4.81. The molecule has 0 aliphatic heterocycles. The zero-order valence-corrected chi connectivity index (χ0v) is 10.5. The first-order valence-electron chi connectivity index (χ1n) is 5.35. The molecule has 0 aliphatic carbocycles. The molecule has 6 heteroatoms. The number of hydrogen-bond acceptors (Lipinski definition) is 4. The van der Waals surface area contributed by atoms with E-state index in [1.807, 2.05) is 0 Å². The van der Waals surface area contributed by atoms with Gasteiger partial charge < -0.3 is 10.7 Å². The average Bonchev–Trinajstić information content (AvgIpc) is 2.28. The quantitative estimate of drug-likeness (QED) is 0.833. The molecule has 18 heavy (non-hydrogen) atoms. The molecule has 0 bridgehead atoms. The molecular weight excluding hydrogens is 253 g/mol. The van der Waals surface area contributed by atoms with Gasteiger partial charge in [-0.3, -0.25) is 4.79 Å². The number of benzene rings is 1. The van der Waals surface area contributed by atoms with Crippen LogP contribution in [0.1, 0.15) is 18.5 Å². The lowest BCUT2D eigenvalue weighted by Gasteiger charge is -2.12. The van der Waals surface area contributed by atoms with E-state index in [-0.39, 0.29) is 11.4 Å². The van der Waals surface area contributed by atoms with Crippen LogP contribution >= 0.6 is 11.8 Å². The fourth-order valence-corrected chi connectivity index (χ4v) is 2.57. The van der Waals surface area contributed by atoms with E-state index in [2.05, 4.69) is 9.97 Å². The highest BCUT2D eigenvalue weighted by Gasteiger charge is 2.14. The summed E-state index contributed by atoms with van der Waals surface area (Å²) in [6.07, 6.45) is 1.41. The summed E-state index contributed by atoms with van der Waals surface area (Å²) >= 11 is 1.18. The van der Waals surface area contributed by atoms with Crippen LogP contribution in [0.3, 0.4) is 0 Å². The van der Waals surface area contributed by atoms with E-state index in [0.717, 1.165) is 0 Å². The monoisotopic (exact) mass is 265 g/mol. The average molecular weight is 265 g/mol. The van der Waals surface area contributed by atoms with Crippen molar-refractivity contribution in [1.29, 1.82) is 0 Å². The minimum absolute atomic E-state index is 0.244. The van der Waals surface area contributed by atoms with Gasteiger partial charge in [-0.2, -0.15) is 0 Å². The molecule has 0 spiro atoms. The van der Waals surface area contributed by atoms with Gasteiger partial charge in [0.25, 0.3) is 5.56 Å². The molecule has 0 saturated carbocycles. The van der Waals surface area contributed by atoms with Crippen molar-refractivity contribution in [2.24, 2.45) is 5.73 Å². The standard InChI is InChI=1S/C12H12FN3OS/c1-7(14)11-8(13)3-2-4-9(11)18-12-15-6-5-10(17)16-12/h2-7H,14H2,1H3,(H,15,16,17). The van der Waals surface area contributed by atoms with Gasteiger partial charge in [-0.25, -0.2) is 9.37 Å². The fraction of sp³-hybridized carbons (Fsp3) is 0.167. The number of aromatic amines is 1. The molecule has 0 amide bonds. The van der Waals surface area contributed by atoms with Gasteiger partial charge in [0, 0.05) is 28.8 Å². The Morgan fingerprint density at radius 1 is 1.44 bits per heavy atom. The van der Waals surface area contributed by atoms with Crippen LogP contribution in [0.4, 0.5) is 4.39 Å². The van der Waals surface area contributed by atoms with Crippen molar-refractivity contribution in [3.8, 4) is 0 Å². The number of nitrogens with zero attached hydrogens (tertiary/aromatic N) is 1. The number of rotatable bonds is 3. The van der Waals surface area contributed by atoms with Crippen molar-refractivity contribution < 1.29 is 4.39 Å².